The molecule has 1 heterocycles. The molecule has 0 spiro atoms. The lowest BCUT2D eigenvalue weighted by Gasteiger charge is -2.10. The number of nitrogens with zero attached hydrogens (tertiary/aromatic N) is 1. The second-order valence-electron chi connectivity index (χ2n) is 4.70. The molecule has 110 valence electrons. The lowest BCUT2D eigenvalue weighted by molar-refractivity contribution is 0.240. The van der Waals surface area contributed by atoms with Crippen LogP contribution in [0.5, 0.6) is 5.75 Å². The molecule has 2 aromatic rings. The van der Waals surface area contributed by atoms with Gasteiger partial charge in [-0.05, 0) is 41.8 Å². The van der Waals surface area contributed by atoms with Gasteiger partial charge < -0.3 is 15.4 Å². The second kappa shape index (κ2) is 7.28. The monoisotopic (exact) mass is 285 g/mol. The third kappa shape index (κ3) is 4.49. The van der Waals surface area contributed by atoms with Gasteiger partial charge in [0.25, 0.3) is 0 Å². The smallest absolute Gasteiger partial charge is 0.315 e. The summed E-state index contributed by atoms with van der Waals surface area (Å²) in [6.45, 7) is 2.92. The number of urea groups is 1. The fourth-order valence-corrected chi connectivity index (χ4v) is 1.90. The molecule has 2 N–H and O–H groups in total. The number of benzene rings is 1. The van der Waals surface area contributed by atoms with Crippen molar-refractivity contribution in [2.45, 2.75) is 20.0 Å². The van der Waals surface area contributed by atoms with E-state index in [1.165, 1.54) is 0 Å². The van der Waals surface area contributed by atoms with Crippen molar-refractivity contribution in [3.63, 3.8) is 0 Å². The summed E-state index contributed by atoms with van der Waals surface area (Å²) in [6, 6.07) is 9.41. The molecule has 0 aliphatic rings. The Morgan fingerprint density at radius 1 is 1.10 bits per heavy atom. The van der Waals surface area contributed by atoms with Gasteiger partial charge in [0.1, 0.15) is 5.75 Å². The predicted octanol–water partition coefficient (Wildman–Crippen LogP) is 2.40. The van der Waals surface area contributed by atoms with Crippen LogP contribution in [0.2, 0.25) is 0 Å². The summed E-state index contributed by atoms with van der Waals surface area (Å²) in [5.74, 6) is 0.825. The Hall–Kier alpha value is -2.56. The Balaban J connectivity index is 1.81. The van der Waals surface area contributed by atoms with Crippen LogP contribution in [-0.2, 0) is 13.1 Å². The normalized spacial score (nSPS) is 10.0. The minimum Gasteiger partial charge on any atom is -0.496 e. The highest BCUT2D eigenvalue weighted by atomic mass is 16.5. The standard InChI is InChI=1S/C16H19N3O2/c1-12-3-4-14(9-15(12)21-2)11-19-16(20)18-10-13-5-7-17-8-6-13/h3-9H,10-11H2,1-2H3,(H2,18,19,20). The lowest BCUT2D eigenvalue weighted by Crippen LogP contribution is -2.34. The molecule has 5 nitrogen and oxygen atoms in total. The minimum atomic E-state index is -0.202. The predicted molar refractivity (Wildman–Crippen MR) is 81.0 cm³/mol. The Morgan fingerprint density at radius 2 is 1.76 bits per heavy atom. The molecule has 0 aliphatic heterocycles. The topological polar surface area (TPSA) is 63.2 Å². The molecule has 0 saturated heterocycles. The fraction of sp³-hybridized carbons (Fsp3) is 0.250. The van der Waals surface area contributed by atoms with Gasteiger partial charge in [-0.3, -0.25) is 4.98 Å². The molecule has 0 fully saturated rings. The SMILES string of the molecule is COc1cc(CNC(=O)NCc2ccncc2)ccc1C. The number of amides is 2. The van der Waals surface area contributed by atoms with Crippen molar-refractivity contribution < 1.29 is 9.53 Å². The highest BCUT2D eigenvalue weighted by Gasteiger charge is 2.03. The first kappa shape index (κ1) is 14.8. The number of aryl methyl sites for hydroxylation is 1. The first-order valence-electron chi connectivity index (χ1n) is 6.73. The second-order valence-corrected chi connectivity index (χ2v) is 4.70. The molecular formula is C16H19N3O2. The summed E-state index contributed by atoms with van der Waals surface area (Å²) in [6.07, 6.45) is 3.40. The molecule has 1 aromatic carbocycles. The van der Waals surface area contributed by atoms with E-state index < -0.39 is 0 Å². The number of nitrogens with one attached hydrogen (secondary N) is 2. The first-order chi connectivity index (χ1) is 10.2. The van der Waals surface area contributed by atoms with E-state index in [1.807, 2.05) is 37.3 Å². The van der Waals surface area contributed by atoms with Crippen LogP contribution in [0.4, 0.5) is 4.79 Å². The van der Waals surface area contributed by atoms with Crippen molar-refractivity contribution in [2.75, 3.05) is 7.11 Å². The van der Waals surface area contributed by atoms with Gasteiger partial charge in [0, 0.05) is 25.5 Å². The molecule has 21 heavy (non-hydrogen) atoms. The summed E-state index contributed by atoms with van der Waals surface area (Å²) in [5.41, 5.74) is 3.08. The Kier molecular flexibility index (Phi) is 5.15. The molecule has 0 bridgehead atoms. The molecule has 2 amide bonds. The molecule has 0 unspecified atom stereocenters. The number of pyridine rings is 1. The molecule has 5 heteroatoms. The third-order valence-corrected chi connectivity index (χ3v) is 3.13. The van der Waals surface area contributed by atoms with Crippen LogP contribution in [-0.4, -0.2) is 18.1 Å². The summed E-state index contributed by atoms with van der Waals surface area (Å²) in [5, 5.41) is 5.62. The maximum Gasteiger partial charge on any atom is 0.315 e. The summed E-state index contributed by atoms with van der Waals surface area (Å²) >= 11 is 0. The van der Waals surface area contributed by atoms with Crippen LogP contribution in [0, 0.1) is 6.92 Å². The van der Waals surface area contributed by atoms with Gasteiger partial charge >= 0.3 is 6.03 Å². The highest BCUT2D eigenvalue weighted by molar-refractivity contribution is 5.73. The largest absolute Gasteiger partial charge is 0.496 e. The van der Waals surface area contributed by atoms with Gasteiger partial charge in [0.15, 0.2) is 0 Å². The zero-order valence-corrected chi connectivity index (χ0v) is 12.2. The zero-order chi connectivity index (χ0) is 15.1. The molecule has 2 rings (SSSR count). The molecule has 0 radical (unpaired) electrons. The van der Waals surface area contributed by atoms with E-state index in [0.717, 1.165) is 22.4 Å². The number of carbonyl (C=O) groups excluding carboxylic acids is 1. The number of hydrogen-bond donors (Lipinski definition) is 2. The van der Waals surface area contributed by atoms with Crippen LogP contribution in [0.25, 0.3) is 0 Å². The van der Waals surface area contributed by atoms with Gasteiger partial charge in [-0.2, -0.15) is 0 Å². The fourth-order valence-electron chi connectivity index (χ4n) is 1.90. The number of hydrogen-bond acceptors (Lipinski definition) is 3. The van der Waals surface area contributed by atoms with Gasteiger partial charge in [-0.1, -0.05) is 12.1 Å². The highest BCUT2D eigenvalue weighted by Crippen LogP contribution is 2.18. The Morgan fingerprint density at radius 3 is 2.43 bits per heavy atom. The van der Waals surface area contributed by atoms with Gasteiger partial charge in [0.2, 0.25) is 0 Å². The number of aromatic nitrogens is 1. The van der Waals surface area contributed by atoms with E-state index in [-0.39, 0.29) is 6.03 Å². The van der Waals surface area contributed by atoms with Crippen molar-refractivity contribution in [3.8, 4) is 5.75 Å². The molecule has 0 atom stereocenters. The van der Waals surface area contributed by atoms with Gasteiger partial charge in [-0.15, -0.1) is 0 Å². The van der Waals surface area contributed by atoms with Gasteiger partial charge in [-0.25, -0.2) is 4.79 Å². The van der Waals surface area contributed by atoms with E-state index >= 15 is 0 Å². The van der Waals surface area contributed by atoms with Crippen LogP contribution >= 0.6 is 0 Å². The Labute approximate surface area is 124 Å². The summed E-state index contributed by atoms with van der Waals surface area (Å²) < 4.78 is 5.26. The molecule has 0 saturated carbocycles. The van der Waals surface area contributed by atoms with Crippen molar-refractivity contribution in [3.05, 3.63) is 59.4 Å². The van der Waals surface area contributed by atoms with E-state index in [9.17, 15) is 4.79 Å². The Bertz CT molecular complexity index is 600. The van der Waals surface area contributed by atoms with Crippen molar-refractivity contribution >= 4 is 6.03 Å². The molecule has 1 aromatic heterocycles. The number of methoxy groups -OCH3 is 1. The van der Waals surface area contributed by atoms with Crippen molar-refractivity contribution in [2.24, 2.45) is 0 Å². The van der Waals surface area contributed by atoms with Crippen LogP contribution in [0.15, 0.2) is 42.7 Å². The minimum absolute atomic E-state index is 0.202. The maximum atomic E-state index is 11.7. The van der Waals surface area contributed by atoms with Crippen LogP contribution in [0.3, 0.4) is 0 Å². The number of ether oxygens (including phenoxy) is 1. The lowest BCUT2D eigenvalue weighted by atomic mass is 10.1. The average molecular weight is 285 g/mol. The number of carbonyl (C=O) groups is 1. The van der Waals surface area contributed by atoms with E-state index in [4.69, 9.17) is 4.74 Å². The summed E-state index contributed by atoms with van der Waals surface area (Å²) in [7, 11) is 1.64. The van der Waals surface area contributed by atoms with Crippen LogP contribution in [0.1, 0.15) is 16.7 Å². The molecule has 0 aliphatic carbocycles. The van der Waals surface area contributed by atoms with E-state index in [0.29, 0.717) is 13.1 Å². The first-order valence-corrected chi connectivity index (χ1v) is 6.73. The molecular weight excluding hydrogens is 266 g/mol. The van der Waals surface area contributed by atoms with E-state index in [1.54, 1.807) is 19.5 Å². The van der Waals surface area contributed by atoms with Crippen LogP contribution < -0.4 is 15.4 Å². The summed E-state index contributed by atoms with van der Waals surface area (Å²) in [4.78, 5) is 15.7. The van der Waals surface area contributed by atoms with E-state index in [2.05, 4.69) is 15.6 Å². The zero-order valence-electron chi connectivity index (χ0n) is 12.2. The third-order valence-electron chi connectivity index (χ3n) is 3.13. The quantitative estimate of drug-likeness (QED) is 0.886. The number of rotatable bonds is 5. The van der Waals surface area contributed by atoms with Crippen molar-refractivity contribution in [1.29, 1.82) is 0 Å². The maximum absolute atomic E-state index is 11.7. The van der Waals surface area contributed by atoms with Crippen molar-refractivity contribution in [1.82, 2.24) is 15.6 Å². The average Bonchev–Trinajstić information content (AvgIpc) is 2.53. The van der Waals surface area contributed by atoms with Gasteiger partial charge in [0.05, 0.1) is 7.11 Å².